The molecule has 5 heteroatoms. The molecule has 0 aliphatic carbocycles. The number of aryl methyl sites for hydroxylation is 2. The Labute approximate surface area is 105 Å². The number of rotatable bonds is 4. The van der Waals surface area contributed by atoms with Crippen molar-refractivity contribution in [2.24, 2.45) is 0 Å². The smallest absolute Gasteiger partial charge is 0.303 e. The summed E-state index contributed by atoms with van der Waals surface area (Å²) in [7, 11) is 0. The number of aromatic nitrogens is 3. The third-order valence-corrected chi connectivity index (χ3v) is 2.91. The number of hydrogen-bond acceptors (Lipinski definition) is 3. The number of fused-ring (bicyclic) bond motifs is 1. The van der Waals surface area contributed by atoms with Crippen molar-refractivity contribution in [3.63, 3.8) is 0 Å². The van der Waals surface area contributed by atoms with Gasteiger partial charge in [0.05, 0.1) is 5.69 Å². The maximum Gasteiger partial charge on any atom is 0.303 e. The van der Waals surface area contributed by atoms with Crippen molar-refractivity contribution in [2.75, 3.05) is 0 Å². The molecular formula is C13H17N3O2. The van der Waals surface area contributed by atoms with E-state index in [9.17, 15) is 4.79 Å². The minimum atomic E-state index is -0.788. The second kappa shape index (κ2) is 4.76. The fraction of sp³-hybridized carbons (Fsp3) is 0.462. The van der Waals surface area contributed by atoms with Gasteiger partial charge in [0.1, 0.15) is 11.5 Å². The van der Waals surface area contributed by atoms with E-state index in [4.69, 9.17) is 5.11 Å². The Balaban J connectivity index is 2.52. The summed E-state index contributed by atoms with van der Waals surface area (Å²) < 4.78 is 0. The van der Waals surface area contributed by atoms with E-state index in [0.29, 0.717) is 6.42 Å². The van der Waals surface area contributed by atoms with Gasteiger partial charge in [-0.3, -0.25) is 4.79 Å². The van der Waals surface area contributed by atoms with Crippen LogP contribution in [0.1, 0.15) is 43.3 Å². The zero-order chi connectivity index (χ0) is 13.3. The number of nitrogens with one attached hydrogen (secondary N) is 1. The molecule has 0 amide bonds. The van der Waals surface area contributed by atoms with Crippen LogP contribution >= 0.6 is 0 Å². The van der Waals surface area contributed by atoms with Crippen molar-refractivity contribution >= 4 is 17.0 Å². The number of carbonyl (C=O) groups is 1. The molecular weight excluding hydrogens is 230 g/mol. The second-order valence-corrected chi connectivity index (χ2v) is 4.74. The Bertz CT molecular complexity index is 587. The van der Waals surface area contributed by atoms with Crippen molar-refractivity contribution in [3.8, 4) is 0 Å². The van der Waals surface area contributed by atoms with Crippen LogP contribution in [0.5, 0.6) is 0 Å². The molecule has 0 fully saturated rings. The number of H-pyrrole nitrogens is 1. The number of hydrogen-bond donors (Lipinski definition) is 2. The number of nitrogens with zero attached hydrogens (tertiary/aromatic N) is 2. The van der Waals surface area contributed by atoms with Crippen molar-refractivity contribution in [1.29, 1.82) is 0 Å². The van der Waals surface area contributed by atoms with Gasteiger partial charge in [-0.25, -0.2) is 9.97 Å². The summed E-state index contributed by atoms with van der Waals surface area (Å²) in [5.41, 5.74) is 2.77. The van der Waals surface area contributed by atoms with E-state index >= 15 is 0 Å². The summed E-state index contributed by atoms with van der Waals surface area (Å²) in [6, 6.07) is 0. The van der Waals surface area contributed by atoms with Gasteiger partial charge in [0.25, 0.3) is 0 Å². The van der Waals surface area contributed by atoms with Crippen LogP contribution in [-0.2, 0) is 11.2 Å². The molecule has 0 saturated heterocycles. The highest BCUT2D eigenvalue weighted by molar-refractivity contribution is 5.83. The summed E-state index contributed by atoms with van der Waals surface area (Å²) >= 11 is 0. The highest BCUT2D eigenvalue weighted by Crippen LogP contribution is 2.26. The summed E-state index contributed by atoms with van der Waals surface area (Å²) in [5.74, 6) is 0.231. The van der Waals surface area contributed by atoms with Gasteiger partial charge in [0.2, 0.25) is 0 Å². The first-order valence-corrected chi connectivity index (χ1v) is 6.05. The van der Waals surface area contributed by atoms with E-state index in [1.54, 1.807) is 0 Å². The quantitative estimate of drug-likeness (QED) is 0.869. The third kappa shape index (κ3) is 2.34. The molecule has 0 aliphatic heterocycles. The molecule has 2 aromatic heterocycles. The molecule has 0 saturated carbocycles. The van der Waals surface area contributed by atoms with E-state index in [2.05, 4.69) is 28.8 Å². The molecule has 0 spiro atoms. The van der Waals surface area contributed by atoms with Crippen LogP contribution < -0.4 is 0 Å². The Hall–Kier alpha value is -1.91. The van der Waals surface area contributed by atoms with Crippen molar-refractivity contribution in [3.05, 3.63) is 23.3 Å². The molecule has 0 radical (unpaired) electrons. The summed E-state index contributed by atoms with van der Waals surface area (Å²) in [5, 5.41) is 9.75. The maximum atomic E-state index is 10.7. The zero-order valence-electron chi connectivity index (χ0n) is 10.8. The molecule has 2 rings (SSSR count). The van der Waals surface area contributed by atoms with Gasteiger partial charge in [-0.2, -0.15) is 0 Å². The Morgan fingerprint density at radius 1 is 1.44 bits per heavy atom. The molecule has 96 valence electrons. The lowest BCUT2D eigenvalue weighted by atomic mass is 10.0. The minimum Gasteiger partial charge on any atom is -0.481 e. The minimum absolute atomic E-state index is 0.123. The molecule has 0 bridgehead atoms. The van der Waals surface area contributed by atoms with Crippen molar-refractivity contribution < 1.29 is 9.90 Å². The SMILES string of the molecule is Cc1nc(C(C)C)c2c(CCC(=O)O)c[nH]c2n1. The fourth-order valence-corrected chi connectivity index (χ4v) is 2.10. The summed E-state index contributed by atoms with van der Waals surface area (Å²) in [6.07, 6.45) is 2.47. The topological polar surface area (TPSA) is 78.9 Å². The largest absolute Gasteiger partial charge is 0.481 e. The van der Waals surface area contributed by atoms with Crippen LogP contribution in [0.4, 0.5) is 0 Å². The third-order valence-electron chi connectivity index (χ3n) is 2.91. The van der Waals surface area contributed by atoms with Gasteiger partial charge in [0, 0.05) is 18.0 Å². The van der Waals surface area contributed by atoms with E-state index in [1.807, 2.05) is 13.1 Å². The molecule has 0 unspecified atom stereocenters. The van der Waals surface area contributed by atoms with Crippen LogP contribution in [0.15, 0.2) is 6.20 Å². The van der Waals surface area contributed by atoms with E-state index in [1.165, 1.54) is 0 Å². The van der Waals surface area contributed by atoms with Crippen LogP contribution in [-0.4, -0.2) is 26.0 Å². The summed E-state index contributed by atoms with van der Waals surface area (Å²) in [6.45, 7) is 6.02. The average Bonchev–Trinajstić information content (AvgIpc) is 2.67. The maximum absolute atomic E-state index is 10.7. The van der Waals surface area contributed by atoms with Gasteiger partial charge >= 0.3 is 5.97 Å². The van der Waals surface area contributed by atoms with E-state index in [-0.39, 0.29) is 12.3 Å². The average molecular weight is 247 g/mol. The van der Waals surface area contributed by atoms with Crippen LogP contribution in [0.3, 0.4) is 0 Å². The van der Waals surface area contributed by atoms with Crippen LogP contribution in [0, 0.1) is 6.92 Å². The second-order valence-electron chi connectivity index (χ2n) is 4.74. The first kappa shape index (κ1) is 12.5. The van der Waals surface area contributed by atoms with Crippen molar-refractivity contribution in [2.45, 2.75) is 39.5 Å². The predicted octanol–water partition coefficient (Wildman–Crippen LogP) is 2.41. The molecule has 0 atom stereocenters. The highest BCUT2D eigenvalue weighted by Gasteiger charge is 2.15. The molecule has 0 aromatic carbocycles. The number of carboxylic acids is 1. The monoisotopic (exact) mass is 247 g/mol. The Kier molecular flexibility index (Phi) is 3.32. The van der Waals surface area contributed by atoms with Gasteiger partial charge in [-0.05, 0) is 24.8 Å². The first-order chi connectivity index (χ1) is 8.49. The molecule has 18 heavy (non-hydrogen) atoms. The highest BCUT2D eigenvalue weighted by atomic mass is 16.4. The fourth-order valence-electron chi connectivity index (χ4n) is 2.10. The first-order valence-electron chi connectivity index (χ1n) is 6.05. The van der Waals surface area contributed by atoms with E-state index in [0.717, 1.165) is 28.1 Å². The van der Waals surface area contributed by atoms with Crippen molar-refractivity contribution in [1.82, 2.24) is 15.0 Å². The van der Waals surface area contributed by atoms with Crippen LogP contribution in [0.2, 0.25) is 0 Å². The van der Waals surface area contributed by atoms with Crippen LogP contribution in [0.25, 0.3) is 11.0 Å². The van der Waals surface area contributed by atoms with Gasteiger partial charge in [0.15, 0.2) is 0 Å². The normalized spacial score (nSPS) is 11.3. The standard InChI is InChI=1S/C13H17N3O2/c1-7(2)12-11-9(4-5-10(17)18)6-14-13(11)16-8(3)15-12/h6-7H,4-5H2,1-3H3,(H,17,18)(H,14,15,16). The molecule has 2 heterocycles. The van der Waals surface area contributed by atoms with E-state index < -0.39 is 5.97 Å². The van der Waals surface area contributed by atoms with Gasteiger partial charge in [-0.15, -0.1) is 0 Å². The Morgan fingerprint density at radius 3 is 2.78 bits per heavy atom. The molecule has 2 N–H and O–H groups in total. The lowest BCUT2D eigenvalue weighted by Crippen LogP contribution is -2.01. The molecule has 5 nitrogen and oxygen atoms in total. The molecule has 2 aromatic rings. The number of carboxylic acid groups (broad SMARTS) is 1. The van der Waals surface area contributed by atoms with Gasteiger partial charge in [-0.1, -0.05) is 13.8 Å². The number of aliphatic carboxylic acids is 1. The zero-order valence-corrected chi connectivity index (χ0v) is 10.8. The van der Waals surface area contributed by atoms with Gasteiger partial charge < -0.3 is 10.1 Å². The predicted molar refractivity (Wildman–Crippen MR) is 68.7 cm³/mol. The molecule has 0 aliphatic rings. The Morgan fingerprint density at radius 2 is 2.17 bits per heavy atom. The summed E-state index contributed by atoms with van der Waals surface area (Å²) in [4.78, 5) is 22.6. The number of aromatic amines is 1. The lowest BCUT2D eigenvalue weighted by Gasteiger charge is -2.08. The lowest BCUT2D eigenvalue weighted by molar-refractivity contribution is -0.136.